The Morgan fingerprint density at radius 3 is 2.22 bits per heavy atom. The molecule has 0 bridgehead atoms. The second-order valence-electron chi connectivity index (χ2n) is 6.37. The number of fused-ring (bicyclic) bond motifs is 1. The topological polar surface area (TPSA) is 112 Å². The first-order valence-corrected chi connectivity index (χ1v) is 8.31. The molecule has 0 fully saturated rings. The number of aromatic nitrogens is 3. The predicted octanol–water partition coefficient (Wildman–Crippen LogP) is 1.03. The minimum Gasteiger partial charge on any atom is -0.344 e. The lowest BCUT2D eigenvalue weighted by atomic mass is 9.92. The Kier molecular flexibility index (Phi) is 8.69. The van der Waals surface area contributed by atoms with Crippen LogP contribution in [0.5, 0.6) is 0 Å². The normalized spacial score (nSPS) is 10.9. The van der Waals surface area contributed by atoms with E-state index in [-0.39, 0.29) is 42.1 Å². The van der Waals surface area contributed by atoms with Crippen molar-refractivity contribution in [2.75, 3.05) is 6.54 Å². The third-order valence-electron chi connectivity index (χ3n) is 4.96. The quantitative estimate of drug-likeness (QED) is 0.751. The SMILES string of the molecule is CCC(CC)(CN)NC(=O)c1cc(C)c2c(=O)n(C)c(=O)n(C)c2n1.Cl.Cl. The minimum atomic E-state index is -0.500. The zero-order valence-electron chi connectivity index (χ0n) is 16.2. The molecule has 0 saturated heterocycles. The first-order chi connectivity index (χ1) is 11.7. The Hall–Kier alpha value is -1.90. The first-order valence-electron chi connectivity index (χ1n) is 8.31. The molecule has 2 heterocycles. The van der Waals surface area contributed by atoms with E-state index in [9.17, 15) is 14.4 Å². The summed E-state index contributed by atoms with van der Waals surface area (Å²) in [6.45, 7) is 5.96. The molecule has 10 heteroatoms. The van der Waals surface area contributed by atoms with Crippen LogP contribution in [0.3, 0.4) is 0 Å². The average molecular weight is 420 g/mol. The Bertz CT molecular complexity index is 940. The maximum absolute atomic E-state index is 12.7. The van der Waals surface area contributed by atoms with Crippen molar-refractivity contribution in [3.8, 4) is 0 Å². The Morgan fingerprint density at radius 1 is 1.19 bits per heavy atom. The Labute approximate surface area is 170 Å². The molecule has 0 aliphatic carbocycles. The third-order valence-corrected chi connectivity index (χ3v) is 4.96. The van der Waals surface area contributed by atoms with Crippen LogP contribution in [0.25, 0.3) is 11.0 Å². The standard InChI is InChI=1S/C17H25N5O3.2ClH/c1-6-17(7-2,9-18)20-14(23)11-8-10(3)12-13(19-11)21(4)16(25)22(5)15(12)24;;/h8H,6-7,9,18H2,1-5H3,(H,20,23);2*1H. The molecule has 0 spiro atoms. The van der Waals surface area contributed by atoms with Crippen molar-refractivity contribution in [3.05, 3.63) is 38.2 Å². The van der Waals surface area contributed by atoms with Gasteiger partial charge in [0.25, 0.3) is 11.5 Å². The molecule has 0 saturated carbocycles. The molecule has 0 atom stereocenters. The smallest absolute Gasteiger partial charge is 0.332 e. The van der Waals surface area contributed by atoms with Gasteiger partial charge in [-0.3, -0.25) is 18.7 Å². The van der Waals surface area contributed by atoms with Crippen LogP contribution >= 0.6 is 24.8 Å². The molecule has 8 nitrogen and oxygen atoms in total. The zero-order valence-corrected chi connectivity index (χ0v) is 17.8. The number of nitrogens with one attached hydrogen (secondary N) is 1. The lowest BCUT2D eigenvalue weighted by Crippen LogP contribution is -2.53. The molecule has 0 radical (unpaired) electrons. The number of hydrogen-bond acceptors (Lipinski definition) is 5. The van der Waals surface area contributed by atoms with Crippen molar-refractivity contribution < 1.29 is 4.79 Å². The van der Waals surface area contributed by atoms with Gasteiger partial charge < -0.3 is 11.1 Å². The van der Waals surface area contributed by atoms with Gasteiger partial charge in [0.05, 0.1) is 10.9 Å². The number of halogens is 2. The summed E-state index contributed by atoms with van der Waals surface area (Å²) in [6.07, 6.45) is 1.38. The number of aryl methyl sites for hydroxylation is 2. The van der Waals surface area contributed by atoms with Crippen LogP contribution in [0.15, 0.2) is 15.7 Å². The number of carbonyl (C=O) groups excluding carboxylic acids is 1. The molecule has 2 aromatic heterocycles. The van der Waals surface area contributed by atoms with E-state index in [2.05, 4.69) is 10.3 Å². The van der Waals surface area contributed by atoms with Gasteiger partial charge in [-0.1, -0.05) is 13.8 Å². The summed E-state index contributed by atoms with van der Waals surface area (Å²) in [5.41, 5.74) is 5.38. The molecule has 0 aliphatic rings. The summed E-state index contributed by atoms with van der Waals surface area (Å²) >= 11 is 0. The number of hydrogen-bond donors (Lipinski definition) is 2. The molecule has 1 amide bonds. The largest absolute Gasteiger partial charge is 0.344 e. The highest BCUT2D eigenvalue weighted by molar-refractivity contribution is 5.95. The van der Waals surface area contributed by atoms with Gasteiger partial charge in [-0.15, -0.1) is 24.8 Å². The molecule has 2 aromatic rings. The second kappa shape index (κ2) is 9.34. The van der Waals surface area contributed by atoms with E-state index >= 15 is 0 Å². The first kappa shape index (κ1) is 25.1. The molecule has 152 valence electrons. The van der Waals surface area contributed by atoms with Gasteiger partial charge in [-0.2, -0.15) is 0 Å². The van der Waals surface area contributed by atoms with Gasteiger partial charge in [-0.05, 0) is 31.4 Å². The van der Waals surface area contributed by atoms with Crippen molar-refractivity contribution in [2.24, 2.45) is 19.8 Å². The van der Waals surface area contributed by atoms with E-state index in [0.717, 1.165) is 4.57 Å². The second-order valence-corrected chi connectivity index (χ2v) is 6.37. The fraction of sp³-hybridized carbons (Fsp3) is 0.529. The van der Waals surface area contributed by atoms with Crippen LogP contribution < -0.4 is 22.3 Å². The lowest BCUT2D eigenvalue weighted by molar-refractivity contribution is 0.0890. The van der Waals surface area contributed by atoms with Gasteiger partial charge in [0, 0.05) is 20.6 Å². The molecule has 0 aliphatic heterocycles. The summed E-state index contributed by atoms with van der Waals surface area (Å²) in [7, 11) is 2.95. The maximum atomic E-state index is 12.7. The molecular formula is C17H27Cl2N5O3. The Morgan fingerprint density at radius 2 is 1.74 bits per heavy atom. The van der Waals surface area contributed by atoms with Gasteiger partial charge in [-0.25, -0.2) is 9.78 Å². The lowest BCUT2D eigenvalue weighted by Gasteiger charge is -2.31. The van der Waals surface area contributed by atoms with Gasteiger partial charge in [0.1, 0.15) is 11.3 Å². The fourth-order valence-electron chi connectivity index (χ4n) is 2.92. The van der Waals surface area contributed by atoms with E-state index in [1.165, 1.54) is 18.7 Å². The van der Waals surface area contributed by atoms with E-state index < -0.39 is 16.8 Å². The number of carbonyl (C=O) groups is 1. The summed E-state index contributed by atoms with van der Waals surface area (Å²) in [4.78, 5) is 41.5. The molecule has 0 aromatic carbocycles. The summed E-state index contributed by atoms with van der Waals surface area (Å²) in [5, 5.41) is 3.28. The molecule has 0 unspecified atom stereocenters. The van der Waals surface area contributed by atoms with Gasteiger partial charge >= 0.3 is 5.69 Å². The van der Waals surface area contributed by atoms with Crippen LogP contribution in [0.4, 0.5) is 0 Å². The summed E-state index contributed by atoms with van der Waals surface area (Å²) < 4.78 is 2.31. The predicted molar refractivity (Wildman–Crippen MR) is 111 cm³/mol. The summed E-state index contributed by atoms with van der Waals surface area (Å²) in [6, 6.07) is 1.57. The highest BCUT2D eigenvalue weighted by Crippen LogP contribution is 2.16. The van der Waals surface area contributed by atoms with Crippen LogP contribution in [0.1, 0.15) is 42.7 Å². The van der Waals surface area contributed by atoms with Crippen LogP contribution in [-0.2, 0) is 14.1 Å². The number of nitrogens with two attached hydrogens (primary N) is 1. The van der Waals surface area contributed by atoms with Crippen LogP contribution in [0, 0.1) is 6.92 Å². The van der Waals surface area contributed by atoms with E-state index in [0.29, 0.717) is 30.3 Å². The Balaban J connectivity index is 0.00000338. The van der Waals surface area contributed by atoms with Gasteiger partial charge in [0.2, 0.25) is 0 Å². The molecule has 2 rings (SSSR count). The maximum Gasteiger partial charge on any atom is 0.332 e. The van der Waals surface area contributed by atoms with Crippen molar-refractivity contribution in [1.29, 1.82) is 0 Å². The van der Waals surface area contributed by atoms with Gasteiger partial charge in [0.15, 0.2) is 0 Å². The molecular weight excluding hydrogens is 393 g/mol. The molecule has 3 N–H and O–H groups in total. The third kappa shape index (κ3) is 4.34. The zero-order chi connectivity index (χ0) is 18.9. The fourth-order valence-corrected chi connectivity index (χ4v) is 2.92. The van der Waals surface area contributed by atoms with Crippen LogP contribution in [-0.4, -0.2) is 32.1 Å². The van der Waals surface area contributed by atoms with Crippen LogP contribution in [0.2, 0.25) is 0 Å². The van der Waals surface area contributed by atoms with Crippen molar-refractivity contribution in [1.82, 2.24) is 19.4 Å². The summed E-state index contributed by atoms with van der Waals surface area (Å²) in [5.74, 6) is -0.368. The number of amides is 1. The average Bonchev–Trinajstić information content (AvgIpc) is 2.61. The highest BCUT2D eigenvalue weighted by Gasteiger charge is 2.28. The molecule has 27 heavy (non-hydrogen) atoms. The number of nitrogens with zero attached hydrogens (tertiary/aromatic N) is 3. The van der Waals surface area contributed by atoms with Crippen molar-refractivity contribution in [3.63, 3.8) is 0 Å². The minimum absolute atomic E-state index is 0. The number of pyridine rings is 1. The highest BCUT2D eigenvalue weighted by atomic mass is 35.5. The monoisotopic (exact) mass is 419 g/mol. The van der Waals surface area contributed by atoms with Crippen molar-refractivity contribution >= 4 is 41.8 Å². The van der Waals surface area contributed by atoms with E-state index in [4.69, 9.17) is 5.73 Å². The van der Waals surface area contributed by atoms with E-state index in [1.807, 2.05) is 13.8 Å². The van der Waals surface area contributed by atoms with E-state index in [1.54, 1.807) is 13.0 Å². The van der Waals surface area contributed by atoms with Crippen molar-refractivity contribution in [2.45, 2.75) is 39.2 Å². The number of rotatable bonds is 5.